The molecule has 2 rings (SSSR count). The van der Waals surface area contributed by atoms with Crippen molar-refractivity contribution in [2.24, 2.45) is 0 Å². The van der Waals surface area contributed by atoms with Gasteiger partial charge in [-0.05, 0) is 26.0 Å². The summed E-state index contributed by atoms with van der Waals surface area (Å²) in [6, 6.07) is 5.97. The van der Waals surface area contributed by atoms with E-state index in [1.165, 1.54) is 0 Å². The average Bonchev–Trinajstić information content (AvgIpc) is 2.40. The molecule has 3 N–H and O–H groups in total. The lowest BCUT2D eigenvalue weighted by Gasteiger charge is -2.13. The number of nitrogens with two attached hydrogens (primary N) is 1. The predicted octanol–water partition coefficient (Wildman–Crippen LogP) is 2.81. The molecule has 5 nitrogen and oxygen atoms in total. The highest BCUT2D eigenvalue weighted by Gasteiger charge is 2.11. The number of nitrogens with zero attached hydrogens (tertiary/aromatic N) is 3. The molecule has 0 saturated heterocycles. The van der Waals surface area contributed by atoms with Crippen molar-refractivity contribution in [3.63, 3.8) is 0 Å². The third-order valence-electron chi connectivity index (χ3n) is 3.10. The van der Waals surface area contributed by atoms with Crippen LogP contribution >= 0.6 is 0 Å². The monoisotopic (exact) mass is 271 g/mol. The summed E-state index contributed by atoms with van der Waals surface area (Å²) in [4.78, 5) is 13.3. The van der Waals surface area contributed by atoms with E-state index in [0.717, 1.165) is 28.6 Å². The fourth-order valence-corrected chi connectivity index (χ4v) is 1.85. The van der Waals surface area contributed by atoms with Gasteiger partial charge in [0.1, 0.15) is 17.5 Å². The van der Waals surface area contributed by atoms with E-state index in [1.807, 2.05) is 32.0 Å². The zero-order chi connectivity index (χ0) is 14.7. The fourth-order valence-electron chi connectivity index (χ4n) is 1.85. The molecule has 0 fully saturated rings. The van der Waals surface area contributed by atoms with Gasteiger partial charge in [-0.1, -0.05) is 19.9 Å². The molecule has 0 spiro atoms. The molecule has 0 bridgehead atoms. The van der Waals surface area contributed by atoms with Gasteiger partial charge in [0, 0.05) is 17.2 Å². The quantitative estimate of drug-likeness (QED) is 0.894. The van der Waals surface area contributed by atoms with E-state index in [2.05, 4.69) is 34.1 Å². The Kier molecular flexibility index (Phi) is 4.17. The van der Waals surface area contributed by atoms with Crippen molar-refractivity contribution in [2.45, 2.75) is 40.2 Å². The third-order valence-corrected chi connectivity index (χ3v) is 3.10. The van der Waals surface area contributed by atoms with Gasteiger partial charge >= 0.3 is 0 Å². The van der Waals surface area contributed by atoms with Crippen molar-refractivity contribution in [3.8, 4) is 0 Å². The summed E-state index contributed by atoms with van der Waals surface area (Å²) in [5.41, 5.74) is 8.81. The largest absolute Gasteiger partial charge is 0.383 e. The lowest BCUT2D eigenvalue weighted by molar-refractivity contribution is 0.774. The van der Waals surface area contributed by atoms with Crippen molar-refractivity contribution < 1.29 is 0 Å². The van der Waals surface area contributed by atoms with Crippen LogP contribution in [0.25, 0.3) is 0 Å². The minimum atomic E-state index is 0.246. The first kappa shape index (κ1) is 14.2. The number of hydrogen-bond donors (Lipinski definition) is 2. The zero-order valence-electron chi connectivity index (χ0n) is 12.4. The van der Waals surface area contributed by atoms with Crippen LogP contribution in [0.4, 0.5) is 11.6 Å². The van der Waals surface area contributed by atoms with E-state index in [1.54, 1.807) is 0 Å². The van der Waals surface area contributed by atoms with Crippen LogP contribution in [-0.2, 0) is 6.54 Å². The zero-order valence-corrected chi connectivity index (χ0v) is 12.4. The third kappa shape index (κ3) is 3.23. The minimum absolute atomic E-state index is 0.246. The highest BCUT2D eigenvalue weighted by molar-refractivity contribution is 5.55. The highest BCUT2D eigenvalue weighted by atomic mass is 15.1. The summed E-state index contributed by atoms with van der Waals surface area (Å²) in [5.74, 6) is 2.32. The Morgan fingerprint density at radius 3 is 2.55 bits per heavy atom. The Balaban J connectivity index is 2.20. The highest BCUT2D eigenvalue weighted by Crippen LogP contribution is 2.21. The maximum Gasteiger partial charge on any atom is 0.135 e. The summed E-state index contributed by atoms with van der Waals surface area (Å²) in [6.45, 7) is 8.63. The Bertz CT molecular complexity index is 607. The number of pyridine rings is 1. The molecule has 5 heteroatoms. The van der Waals surface area contributed by atoms with Gasteiger partial charge in [0.2, 0.25) is 0 Å². The lowest BCUT2D eigenvalue weighted by atomic mass is 10.2. The molecule has 0 aliphatic carbocycles. The van der Waals surface area contributed by atoms with Crippen molar-refractivity contribution in [1.82, 2.24) is 15.0 Å². The number of aryl methyl sites for hydroxylation is 1. The topological polar surface area (TPSA) is 76.7 Å². The van der Waals surface area contributed by atoms with Gasteiger partial charge in [-0.2, -0.15) is 0 Å². The SMILES string of the molecule is Cc1cccc(CNc2nc(C(C)C)nc(N)c2C)n1. The molecule has 0 aromatic carbocycles. The van der Waals surface area contributed by atoms with E-state index in [0.29, 0.717) is 12.4 Å². The summed E-state index contributed by atoms with van der Waals surface area (Å²) in [5, 5.41) is 3.30. The number of hydrogen-bond acceptors (Lipinski definition) is 5. The van der Waals surface area contributed by atoms with E-state index < -0.39 is 0 Å². The van der Waals surface area contributed by atoms with Crippen molar-refractivity contribution >= 4 is 11.6 Å². The molecule has 0 aliphatic heterocycles. The van der Waals surface area contributed by atoms with Crippen LogP contribution in [0.1, 0.15) is 42.5 Å². The Hall–Kier alpha value is -2.17. The fraction of sp³-hybridized carbons (Fsp3) is 0.400. The Labute approximate surface area is 119 Å². The van der Waals surface area contributed by atoms with Gasteiger partial charge in [0.25, 0.3) is 0 Å². The molecule has 0 atom stereocenters. The van der Waals surface area contributed by atoms with Crippen LogP contribution < -0.4 is 11.1 Å². The number of rotatable bonds is 4. The second kappa shape index (κ2) is 5.86. The van der Waals surface area contributed by atoms with E-state index >= 15 is 0 Å². The normalized spacial score (nSPS) is 10.8. The second-order valence-electron chi connectivity index (χ2n) is 5.22. The van der Waals surface area contributed by atoms with Crippen LogP contribution in [0.3, 0.4) is 0 Å². The maximum atomic E-state index is 5.95. The van der Waals surface area contributed by atoms with E-state index in [9.17, 15) is 0 Å². The van der Waals surface area contributed by atoms with Crippen LogP contribution in [0.15, 0.2) is 18.2 Å². The first-order valence-electron chi connectivity index (χ1n) is 6.77. The van der Waals surface area contributed by atoms with Crippen molar-refractivity contribution in [2.75, 3.05) is 11.1 Å². The minimum Gasteiger partial charge on any atom is -0.383 e. The van der Waals surface area contributed by atoms with Gasteiger partial charge in [0.05, 0.1) is 12.2 Å². The summed E-state index contributed by atoms with van der Waals surface area (Å²) in [6.07, 6.45) is 0. The van der Waals surface area contributed by atoms with Gasteiger partial charge in [-0.25, -0.2) is 9.97 Å². The van der Waals surface area contributed by atoms with Gasteiger partial charge < -0.3 is 11.1 Å². The number of anilines is 2. The molecule has 0 amide bonds. The lowest BCUT2D eigenvalue weighted by Crippen LogP contribution is -2.11. The number of nitrogen functional groups attached to an aromatic ring is 1. The first-order chi connectivity index (χ1) is 9.47. The smallest absolute Gasteiger partial charge is 0.135 e. The van der Waals surface area contributed by atoms with Gasteiger partial charge in [-0.15, -0.1) is 0 Å². The molecule has 0 saturated carbocycles. The van der Waals surface area contributed by atoms with E-state index in [-0.39, 0.29) is 5.92 Å². The molecule has 0 unspecified atom stereocenters. The number of aromatic nitrogens is 3. The summed E-state index contributed by atoms with van der Waals surface area (Å²) in [7, 11) is 0. The van der Waals surface area contributed by atoms with Crippen molar-refractivity contribution in [3.05, 3.63) is 41.0 Å². The molecule has 106 valence electrons. The van der Waals surface area contributed by atoms with E-state index in [4.69, 9.17) is 5.73 Å². The molecule has 0 aliphatic rings. The molecule has 2 heterocycles. The van der Waals surface area contributed by atoms with Crippen LogP contribution in [0.5, 0.6) is 0 Å². The van der Waals surface area contributed by atoms with Crippen LogP contribution in [0.2, 0.25) is 0 Å². The number of nitrogens with one attached hydrogen (secondary N) is 1. The Morgan fingerprint density at radius 1 is 1.15 bits per heavy atom. The standard InChI is InChI=1S/C15H21N5/c1-9(2)14-19-13(16)11(4)15(20-14)17-8-12-7-5-6-10(3)18-12/h5-7,9H,8H2,1-4H3,(H3,16,17,19,20). The molecular formula is C15H21N5. The molecule has 0 radical (unpaired) electrons. The molecular weight excluding hydrogens is 250 g/mol. The summed E-state index contributed by atoms with van der Waals surface area (Å²) < 4.78 is 0. The second-order valence-corrected chi connectivity index (χ2v) is 5.22. The van der Waals surface area contributed by atoms with Gasteiger partial charge in [0.15, 0.2) is 0 Å². The predicted molar refractivity (Wildman–Crippen MR) is 81.6 cm³/mol. The first-order valence-corrected chi connectivity index (χ1v) is 6.77. The van der Waals surface area contributed by atoms with Crippen LogP contribution in [0, 0.1) is 13.8 Å². The van der Waals surface area contributed by atoms with Crippen molar-refractivity contribution in [1.29, 1.82) is 0 Å². The molecule has 20 heavy (non-hydrogen) atoms. The molecule has 2 aromatic heterocycles. The maximum absolute atomic E-state index is 5.95. The van der Waals surface area contributed by atoms with Gasteiger partial charge in [-0.3, -0.25) is 4.98 Å². The Morgan fingerprint density at radius 2 is 1.90 bits per heavy atom. The van der Waals surface area contributed by atoms with Crippen LogP contribution in [-0.4, -0.2) is 15.0 Å². The average molecular weight is 271 g/mol. The molecule has 2 aromatic rings. The summed E-state index contributed by atoms with van der Waals surface area (Å²) >= 11 is 0.